The number of carbonyl (C=O) groups excluding carboxylic acids is 1. The SMILES string of the molecule is CC(=O)SC[C@@H](C)CN1CCC[C@H]1C(=O)O. The molecule has 0 unspecified atom stereocenters. The van der Waals surface area contributed by atoms with Gasteiger partial charge < -0.3 is 5.11 Å². The van der Waals surface area contributed by atoms with E-state index < -0.39 is 5.97 Å². The molecule has 1 heterocycles. The highest BCUT2D eigenvalue weighted by Gasteiger charge is 2.30. The fourth-order valence-electron chi connectivity index (χ4n) is 2.04. The number of hydrogen-bond donors (Lipinski definition) is 1. The Morgan fingerprint density at radius 1 is 1.56 bits per heavy atom. The van der Waals surface area contributed by atoms with E-state index in [0.717, 1.165) is 31.7 Å². The molecule has 1 aliphatic heterocycles. The van der Waals surface area contributed by atoms with Gasteiger partial charge in [0, 0.05) is 19.2 Å². The van der Waals surface area contributed by atoms with Gasteiger partial charge in [0.15, 0.2) is 5.12 Å². The molecule has 0 bridgehead atoms. The van der Waals surface area contributed by atoms with Gasteiger partial charge in [-0.2, -0.15) is 0 Å². The fraction of sp³-hybridized carbons (Fsp3) is 0.818. The van der Waals surface area contributed by atoms with Crippen LogP contribution in [0.5, 0.6) is 0 Å². The molecule has 4 nitrogen and oxygen atoms in total. The number of aliphatic carboxylic acids is 1. The minimum Gasteiger partial charge on any atom is -0.480 e. The Morgan fingerprint density at radius 2 is 2.25 bits per heavy atom. The van der Waals surface area contributed by atoms with E-state index in [0.29, 0.717) is 5.92 Å². The van der Waals surface area contributed by atoms with Gasteiger partial charge in [-0.1, -0.05) is 18.7 Å². The van der Waals surface area contributed by atoms with Gasteiger partial charge >= 0.3 is 5.97 Å². The maximum atomic E-state index is 11.0. The Hall–Kier alpha value is -0.550. The maximum Gasteiger partial charge on any atom is 0.320 e. The molecular weight excluding hydrogens is 226 g/mol. The summed E-state index contributed by atoms with van der Waals surface area (Å²) in [6.07, 6.45) is 1.71. The van der Waals surface area contributed by atoms with Crippen LogP contribution in [0.15, 0.2) is 0 Å². The molecule has 1 rings (SSSR count). The molecule has 1 aliphatic rings. The summed E-state index contributed by atoms with van der Waals surface area (Å²) >= 11 is 1.32. The quantitative estimate of drug-likeness (QED) is 0.794. The third kappa shape index (κ3) is 4.14. The van der Waals surface area contributed by atoms with E-state index in [-0.39, 0.29) is 11.2 Å². The first-order chi connectivity index (χ1) is 7.50. The van der Waals surface area contributed by atoms with E-state index >= 15 is 0 Å². The van der Waals surface area contributed by atoms with Crippen LogP contribution in [0.2, 0.25) is 0 Å². The number of nitrogens with zero attached hydrogens (tertiary/aromatic N) is 1. The fourth-order valence-corrected chi connectivity index (χ4v) is 2.66. The third-order valence-electron chi connectivity index (χ3n) is 2.77. The largest absolute Gasteiger partial charge is 0.480 e. The second kappa shape index (κ2) is 6.25. The Bertz CT molecular complexity index is 270. The standard InChI is InChI=1S/C11H19NO3S/c1-8(7-16-9(2)13)6-12-5-3-4-10(12)11(14)15/h8,10H,3-7H2,1-2H3,(H,14,15)/t8-,10-/m0/s1. The molecule has 0 aliphatic carbocycles. The van der Waals surface area contributed by atoms with Crippen molar-refractivity contribution in [1.82, 2.24) is 4.90 Å². The Balaban J connectivity index is 2.35. The van der Waals surface area contributed by atoms with Crippen molar-refractivity contribution < 1.29 is 14.7 Å². The lowest BCUT2D eigenvalue weighted by molar-refractivity contribution is -0.142. The maximum absolute atomic E-state index is 11.0. The van der Waals surface area contributed by atoms with Gasteiger partial charge in [0.05, 0.1) is 0 Å². The van der Waals surface area contributed by atoms with Crippen molar-refractivity contribution in [1.29, 1.82) is 0 Å². The second-order valence-corrected chi connectivity index (χ2v) is 5.60. The highest BCUT2D eigenvalue weighted by Crippen LogP contribution is 2.20. The van der Waals surface area contributed by atoms with E-state index in [1.54, 1.807) is 6.92 Å². The summed E-state index contributed by atoms with van der Waals surface area (Å²) in [7, 11) is 0. The zero-order valence-corrected chi connectivity index (χ0v) is 10.6. The summed E-state index contributed by atoms with van der Waals surface area (Å²) in [5.41, 5.74) is 0. The lowest BCUT2D eigenvalue weighted by Gasteiger charge is -2.24. The van der Waals surface area contributed by atoms with Crippen molar-refractivity contribution in [2.24, 2.45) is 5.92 Å². The Kier molecular flexibility index (Phi) is 5.28. The monoisotopic (exact) mass is 245 g/mol. The molecule has 1 saturated heterocycles. The van der Waals surface area contributed by atoms with E-state index in [9.17, 15) is 9.59 Å². The van der Waals surface area contributed by atoms with Gasteiger partial charge in [-0.05, 0) is 25.3 Å². The van der Waals surface area contributed by atoms with Gasteiger partial charge in [0.1, 0.15) is 6.04 Å². The Labute approximate surface area is 100 Å². The first-order valence-electron chi connectivity index (χ1n) is 5.61. The van der Waals surface area contributed by atoms with Gasteiger partial charge in [-0.3, -0.25) is 14.5 Å². The first-order valence-corrected chi connectivity index (χ1v) is 6.59. The van der Waals surface area contributed by atoms with Crippen molar-refractivity contribution in [3.63, 3.8) is 0 Å². The van der Waals surface area contributed by atoms with Crippen molar-refractivity contribution in [2.45, 2.75) is 32.7 Å². The number of carbonyl (C=O) groups is 2. The zero-order valence-electron chi connectivity index (χ0n) is 9.81. The van der Waals surface area contributed by atoms with Crippen molar-refractivity contribution in [2.75, 3.05) is 18.8 Å². The molecule has 0 aromatic rings. The number of rotatable bonds is 5. The molecular formula is C11H19NO3S. The third-order valence-corrected chi connectivity index (χ3v) is 3.91. The van der Waals surface area contributed by atoms with Crippen LogP contribution >= 0.6 is 11.8 Å². The summed E-state index contributed by atoms with van der Waals surface area (Å²) in [5, 5.41) is 9.14. The molecule has 0 saturated carbocycles. The van der Waals surface area contributed by atoms with E-state index in [1.807, 2.05) is 4.90 Å². The molecule has 0 spiro atoms. The Morgan fingerprint density at radius 3 is 2.81 bits per heavy atom. The van der Waals surface area contributed by atoms with Gasteiger partial charge in [0.25, 0.3) is 0 Å². The van der Waals surface area contributed by atoms with Gasteiger partial charge in [-0.15, -0.1) is 0 Å². The summed E-state index contributed by atoms with van der Waals surface area (Å²) in [6, 6.07) is -0.315. The molecule has 2 atom stereocenters. The molecule has 92 valence electrons. The molecule has 1 fully saturated rings. The normalized spacial score (nSPS) is 23.2. The molecule has 0 aromatic carbocycles. The predicted octanol–water partition coefficient (Wildman–Crippen LogP) is 1.45. The second-order valence-electron chi connectivity index (χ2n) is 4.40. The summed E-state index contributed by atoms with van der Waals surface area (Å²) in [5.74, 6) is 0.413. The lowest BCUT2D eigenvalue weighted by Crippen LogP contribution is -2.39. The van der Waals surface area contributed by atoms with Gasteiger partial charge in [0.2, 0.25) is 0 Å². The zero-order chi connectivity index (χ0) is 12.1. The first kappa shape index (κ1) is 13.5. The van der Waals surface area contributed by atoms with E-state index in [4.69, 9.17) is 5.11 Å². The van der Waals surface area contributed by atoms with Crippen molar-refractivity contribution in [3.8, 4) is 0 Å². The van der Waals surface area contributed by atoms with Crippen LogP contribution in [0.1, 0.15) is 26.7 Å². The predicted molar refractivity (Wildman–Crippen MR) is 64.5 cm³/mol. The average molecular weight is 245 g/mol. The average Bonchev–Trinajstić information content (AvgIpc) is 2.62. The van der Waals surface area contributed by atoms with Crippen LogP contribution in [-0.4, -0.2) is 46.0 Å². The van der Waals surface area contributed by atoms with Crippen LogP contribution < -0.4 is 0 Å². The number of carboxylic acids is 1. The molecule has 1 N–H and O–H groups in total. The molecule has 16 heavy (non-hydrogen) atoms. The van der Waals surface area contributed by atoms with Crippen LogP contribution in [0.4, 0.5) is 0 Å². The lowest BCUT2D eigenvalue weighted by atomic mass is 10.2. The summed E-state index contributed by atoms with van der Waals surface area (Å²) in [6.45, 7) is 5.27. The number of hydrogen-bond acceptors (Lipinski definition) is 4. The summed E-state index contributed by atoms with van der Waals surface area (Å²) < 4.78 is 0. The van der Waals surface area contributed by atoms with Crippen LogP contribution in [0.3, 0.4) is 0 Å². The molecule has 0 amide bonds. The van der Waals surface area contributed by atoms with Crippen LogP contribution in [0, 0.1) is 5.92 Å². The number of thioether (sulfide) groups is 1. The van der Waals surface area contributed by atoms with Crippen LogP contribution in [0.25, 0.3) is 0 Å². The molecule has 0 aromatic heterocycles. The number of likely N-dealkylation sites (tertiary alicyclic amines) is 1. The molecule has 5 heteroatoms. The van der Waals surface area contributed by atoms with Gasteiger partial charge in [-0.25, -0.2) is 0 Å². The molecule has 0 radical (unpaired) electrons. The highest BCUT2D eigenvalue weighted by molar-refractivity contribution is 8.13. The van der Waals surface area contributed by atoms with Crippen molar-refractivity contribution >= 4 is 22.8 Å². The highest BCUT2D eigenvalue weighted by atomic mass is 32.2. The van der Waals surface area contributed by atoms with E-state index in [2.05, 4.69) is 6.92 Å². The minimum atomic E-state index is -0.719. The number of carboxylic acid groups (broad SMARTS) is 1. The van der Waals surface area contributed by atoms with Crippen LogP contribution in [-0.2, 0) is 9.59 Å². The summed E-state index contributed by atoms with van der Waals surface area (Å²) in [4.78, 5) is 23.8. The minimum absolute atomic E-state index is 0.128. The van der Waals surface area contributed by atoms with Crippen molar-refractivity contribution in [3.05, 3.63) is 0 Å². The van der Waals surface area contributed by atoms with E-state index in [1.165, 1.54) is 11.8 Å². The topological polar surface area (TPSA) is 57.6 Å². The smallest absolute Gasteiger partial charge is 0.320 e.